The number of hydrogen-bond donors (Lipinski definition) is 1. The van der Waals surface area contributed by atoms with E-state index in [0.717, 1.165) is 38.6 Å². The predicted octanol–water partition coefficient (Wildman–Crippen LogP) is 3.96. The lowest BCUT2D eigenvalue weighted by Crippen LogP contribution is -2.35. The minimum atomic E-state index is -0.334. The van der Waals surface area contributed by atoms with Gasteiger partial charge >= 0.3 is 6.09 Å². The molecule has 0 unspecified atom stereocenters. The Morgan fingerprint density at radius 3 is 2.41 bits per heavy atom. The average Bonchev–Trinajstić information content (AvgIpc) is 2.51. The molecule has 1 aromatic carbocycles. The number of benzene rings is 1. The van der Waals surface area contributed by atoms with Crippen molar-refractivity contribution in [3.8, 4) is 5.75 Å². The first kappa shape index (κ1) is 17.1. The van der Waals surface area contributed by atoms with Crippen molar-refractivity contribution >= 4 is 17.7 Å². The molecule has 0 spiro atoms. The molecule has 0 aliphatic heterocycles. The van der Waals surface area contributed by atoms with Gasteiger partial charge in [0.2, 0.25) is 0 Å². The van der Waals surface area contributed by atoms with Crippen molar-refractivity contribution in [1.82, 2.24) is 4.90 Å². The lowest BCUT2D eigenvalue weighted by atomic mass is 9.80. The molecule has 1 aromatic rings. The Morgan fingerprint density at radius 2 is 1.82 bits per heavy atom. The molecule has 0 heterocycles. The Bertz CT molecular complexity index is 469. The number of nitrogens with zero attached hydrogens (tertiary/aromatic N) is 1. The highest BCUT2D eigenvalue weighted by atomic mass is 35.5. The van der Waals surface area contributed by atoms with Crippen molar-refractivity contribution in [2.24, 2.45) is 11.8 Å². The maximum Gasteiger partial charge on any atom is 0.414 e. The van der Waals surface area contributed by atoms with Gasteiger partial charge in [-0.2, -0.15) is 0 Å². The van der Waals surface area contributed by atoms with Crippen LogP contribution < -0.4 is 4.74 Å². The van der Waals surface area contributed by atoms with Gasteiger partial charge in [0, 0.05) is 25.2 Å². The number of halogens is 1. The van der Waals surface area contributed by atoms with Crippen LogP contribution in [-0.2, 0) is 0 Å². The molecule has 22 heavy (non-hydrogen) atoms. The van der Waals surface area contributed by atoms with Crippen LogP contribution in [0.3, 0.4) is 0 Å². The summed E-state index contributed by atoms with van der Waals surface area (Å²) in [4.78, 5) is 13.7. The van der Waals surface area contributed by atoms with E-state index in [9.17, 15) is 4.79 Å². The highest BCUT2D eigenvalue weighted by Gasteiger charge is 2.23. The second-order valence-electron chi connectivity index (χ2n) is 6.10. The zero-order valence-corrected chi connectivity index (χ0v) is 13.8. The zero-order chi connectivity index (χ0) is 15.9. The van der Waals surface area contributed by atoms with E-state index in [1.165, 1.54) is 0 Å². The number of carbonyl (C=O) groups is 1. The number of aliphatic hydroxyl groups is 1. The Hall–Kier alpha value is -1.26. The van der Waals surface area contributed by atoms with Crippen molar-refractivity contribution in [3.05, 3.63) is 29.3 Å². The minimum Gasteiger partial charge on any atom is -0.410 e. The summed E-state index contributed by atoms with van der Waals surface area (Å²) in [5.74, 6) is 1.68. The van der Waals surface area contributed by atoms with Gasteiger partial charge in [-0.3, -0.25) is 0 Å². The summed E-state index contributed by atoms with van der Waals surface area (Å²) in [5.41, 5.74) is 0. The highest BCUT2D eigenvalue weighted by Crippen LogP contribution is 2.31. The molecule has 0 aromatic heterocycles. The third-order valence-electron chi connectivity index (χ3n) is 4.37. The van der Waals surface area contributed by atoms with E-state index >= 15 is 0 Å². The summed E-state index contributed by atoms with van der Waals surface area (Å²) < 4.78 is 5.33. The molecule has 2 rings (SSSR count). The van der Waals surface area contributed by atoms with Crippen molar-refractivity contribution in [2.75, 3.05) is 20.2 Å². The Balaban J connectivity index is 1.76. The molecule has 122 valence electrons. The van der Waals surface area contributed by atoms with Gasteiger partial charge in [-0.25, -0.2) is 4.79 Å². The fraction of sp³-hybridized carbons (Fsp3) is 0.588. The average molecular weight is 326 g/mol. The molecular formula is C17H24ClNO3. The number of amides is 1. The molecule has 1 fully saturated rings. The normalized spacial score (nSPS) is 21.4. The van der Waals surface area contributed by atoms with E-state index in [4.69, 9.17) is 21.4 Å². The summed E-state index contributed by atoms with van der Waals surface area (Å²) >= 11 is 5.81. The predicted molar refractivity (Wildman–Crippen MR) is 87.3 cm³/mol. The van der Waals surface area contributed by atoms with Crippen LogP contribution in [-0.4, -0.2) is 36.3 Å². The first-order valence-electron chi connectivity index (χ1n) is 7.88. The van der Waals surface area contributed by atoms with Crippen LogP contribution in [0.1, 0.15) is 32.1 Å². The summed E-state index contributed by atoms with van der Waals surface area (Å²) in [7, 11) is 1.78. The van der Waals surface area contributed by atoms with E-state index in [1.54, 1.807) is 36.2 Å². The minimum absolute atomic E-state index is 0.280. The maximum atomic E-state index is 12.1. The van der Waals surface area contributed by atoms with Crippen LogP contribution in [0.4, 0.5) is 4.79 Å². The van der Waals surface area contributed by atoms with Gasteiger partial charge in [0.25, 0.3) is 0 Å². The number of aliphatic hydroxyl groups excluding tert-OH is 1. The molecule has 5 heteroatoms. The molecular weight excluding hydrogens is 302 g/mol. The van der Waals surface area contributed by atoms with Crippen LogP contribution in [0, 0.1) is 11.8 Å². The van der Waals surface area contributed by atoms with Crippen LogP contribution in [0.15, 0.2) is 24.3 Å². The highest BCUT2D eigenvalue weighted by molar-refractivity contribution is 6.30. The van der Waals surface area contributed by atoms with Gasteiger partial charge in [-0.1, -0.05) is 24.4 Å². The topological polar surface area (TPSA) is 49.8 Å². The van der Waals surface area contributed by atoms with Gasteiger partial charge < -0.3 is 14.7 Å². The third-order valence-corrected chi connectivity index (χ3v) is 4.62. The molecule has 0 atom stereocenters. The van der Waals surface area contributed by atoms with Gasteiger partial charge in [0.15, 0.2) is 0 Å². The van der Waals surface area contributed by atoms with Crippen LogP contribution in [0.25, 0.3) is 0 Å². The number of ether oxygens (including phenoxy) is 1. The number of carbonyl (C=O) groups excluding carboxylic acids is 1. The van der Waals surface area contributed by atoms with Gasteiger partial charge in [0.05, 0.1) is 0 Å². The second kappa shape index (κ2) is 8.39. The molecule has 0 bridgehead atoms. The third kappa shape index (κ3) is 5.18. The van der Waals surface area contributed by atoms with Gasteiger partial charge in [-0.15, -0.1) is 0 Å². The van der Waals surface area contributed by atoms with E-state index in [1.807, 2.05) is 0 Å². The molecule has 1 saturated carbocycles. The van der Waals surface area contributed by atoms with E-state index in [-0.39, 0.29) is 12.7 Å². The standard InChI is InChI=1S/C17H24ClNO3/c1-19(12-14-4-2-13(3-5-14)10-11-20)17(21)22-16-8-6-15(18)7-9-16/h6-9,13-14,20H,2-5,10-12H2,1H3/t13-,14-. The second-order valence-corrected chi connectivity index (χ2v) is 6.54. The maximum absolute atomic E-state index is 12.1. The fourth-order valence-electron chi connectivity index (χ4n) is 3.03. The van der Waals surface area contributed by atoms with Crippen molar-refractivity contribution < 1.29 is 14.6 Å². The molecule has 1 aliphatic carbocycles. The molecule has 1 aliphatic rings. The van der Waals surface area contributed by atoms with Crippen molar-refractivity contribution in [3.63, 3.8) is 0 Å². The molecule has 0 radical (unpaired) electrons. The Kier molecular flexibility index (Phi) is 6.52. The molecule has 1 N–H and O–H groups in total. The number of rotatable bonds is 5. The van der Waals surface area contributed by atoms with Crippen LogP contribution in [0.5, 0.6) is 5.75 Å². The lowest BCUT2D eigenvalue weighted by Gasteiger charge is -2.30. The lowest BCUT2D eigenvalue weighted by molar-refractivity contribution is 0.142. The first-order chi connectivity index (χ1) is 10.6. The monoisotopic (exact) mass is 325 g/mol. The molecule has 4 nitrogen and oxygen atoms in total. The van der Waals surface area contributed by atoms with Crippen LogP contribution >= 0.6 is 11.6 Å². The number of hydrogen-bond acceptors (Lipinski definition) is 3. The fourth-order valence-corrected chi connectivity index (χ4v) is 3.15. The summed E-state index contributed by atoms with van der Waals surface area (Å²) in [6, 6.07) is 6.78. The van der Waals surface area contributed by atoms with E-state index in [2.05, 4.69) is 0 Å². The van der Waals surface area contributed by atoms with E-state index < -0.39 is 0 Å². The van der Waals surface area contributed by atoms with Crippen LogP contribution in [0.2, 0.25) is 5.02 Å². The largest absolute Gasteiger partial charge is 0.414 e. The SMILES string of the molecule is CN(C[C@H]1CC[C@H](CCO)CC1)C(=O)Oc1ccc(Cl)cc1. The molecule has 1 amide bonds. The first-order valence-corrected chi connectivity index (χ1v) is 8.25. The van der Waals surface area contributed by atoms with Gasteiger partial charge in [0.1, 0.15) is 5.75 Å². The van der Waals surface area contributed by atoms with Crippen molar-refractivity contribution in [1.29, 1.82) is 0 Å². The zero-order valence-electron chi connectivity index (χ0n) is 13.0. The Morgan fingerprint density at radius 1 is 1.23 bits per heavy atom. The van der Waals surface area contributed by atoms with E-state index in [0.29, 0.717) is 22.6 Å². The Labute approximate surface area is 137 Å². The quantitative estimate of drug-likeness (QED) is 0.891. The summed E-state index contributed by atoms with van der Waals surface area (Å²) in [6.07, 6.45) is 5.09. The summed E-state index contributed by atoms with van der Waals surface area (Å²) in [6.45, 7) is 1.00. The van der Waals surface area contributed by atoms with Gasteiger partial charge in [-0.05, 0) is 55.4 Å². The smallest absolute Gasteiger partial charge is 0.410 e. The van der Waals surface area contributed by atoms with Crippen molar-refractivity contribution in [2.45, 2.75) is 32.1 Å². The molecule has 0 saturated heterocycles. The summed E-state index contributed by atoms with van der Waals surface area (Å²) in [5, 5.41) is 9.60.